The summed E-state index contributed by atoms with van der Waals surface area (Å²) in [4.78, 5) is 27.7. The van der Waals surface area contributed by atoms with Gasteiger partial charge in [-0.15, -0.1) is 0 Å². The Morgan fingerprint density at radius 2 is 2.00 bits per heavy atom. The van der Waals surface area contributed by atoms with Gasteiger partial charge in [0.2, 0.25) is 0 Å². The van der Waals surface area contributed by atoms with E-state index in [0.29, 0.717) is 36.0 Å². The highest BCUT2D eigenvalue weighted by atomic mass is 19.4. The molecule has 0 saturated carbocycles. The molecular weight excluding hydrogens is 445 g/mol. The molecule has 4 rings (SSSR count). The van der Waals surface area contributed by atoms with E-state index in [9.17, 15) is 18.0 Å². The number of hydrogen-bond donors (Lipinski definition) is 2. The third-order valence-electron chi connectivity index (χ3n) is 5.76. The van der Waals surface area contributed by atoms with Crippen LogP contribution >= 0.6 is 0 Å². The van der Waals surface area contributed by atoms with Gasteiger partial charge in [0.25, 0.3) is 5.91 Å². The second-order valence-electron chi connectivity index (χ2n) is 7.99. The summed E-state index contributed by atoms with van der Waals surface area (Å²) in [5, 5.41) is 14.4. The van der Waals surface area contributed by atoms with Crippen LogP contribution in [0.1, 0.15) is 34.7 Å². The van der Waals surface area contributed by atoms with Crippen molar-refractivity contribution in [3.8, 4) is 0 Å². The maximum Gasteiger partial charge on any atom is 0.490 e. The summed E-state index contributed by atoms with van der Waals surface area (Å²) in [5.74, 6) is -0.839. The SMILES string of the molecule is Cc1noc(C)c1C(=O)N1CC2(C1)OCCC2CCNc1ccccn1.O=C(O)C(F)(F)F. The van der Waals surface area contributed by atoms with Crippen LogP contribution in [0.15, 0.2) is 28.9 Å². The van der Waals surface area contributed by atoms with Gasteiger partial charge in [0, 0.05) is 19.3 Å². The Bertz CT molecular complexity index is 955. The van der Waals surface area contributed by atoms with Crippen LogP contribution in [0, 0.1) is 19.8 Å². The van der Waals surface area contributed by atoms with E-state index in [2.05, 4.69) is 15.5 Å². The highest BCUT2D eigenvalue weighted by Crippen LogP contribution is 2.42. The van der Waals surface area contributed by atoms with Gasteiger partial charge in [-0.1, -0.05) is 11.2 Å². The van der Waals surface area contributed by atoms with Gasteiger partial charge in [-0.2, -0.15) is 13.2 Å². The Morgan fingerprint density at radius 3 is 2.55 bits per heavy atom. The molecule has 180 valence electrons. The van der Waals surface area contributed by atoms with Crippen LogP contribution in [0.4, 0.5) is 19.0 Å². The number of carboxylic acid groups (broad SMARTS) is 1. The maximum atomic E-state index is 12.7. The lowest BCUT2D eigenvalue weighted by Crippen LogP contribution is -2.66. The molecular formula is C21H25F3N4O5. The molecule has 0 aromatic carbocycles. The minimum Gasteiger partial charge on any atom is -0.475 e. The molecule has 2 aliphatic heterocycles. The minimum atomic E-state index is -5.08. The van der Waals surface area contributed by atoms with Gasteiger partial charge >= 0.3 is 12.1 Å². The molecule has 9 nitrogen and oxygen atoms in total. The predicted molar refractivity (Wildman–Crippen MR) is 110 cm³/mol. The van der Waals surface area contributed by atoms with Crippen molar-refractivity contribution >= 4 is 17.7 Å². The van der Waals surface area contributed by atoms with E-state index in [1.165, 1.54) is 0 Å². The van der Waals surface area contributed by atoms with Crippen molar-refractivity contribution in [1.29, 1.82) is 0 Å². The summed E-state index contributed by atoms with van der Waals surface area (Å²) in [7, 11) is 0. The number of nitrogens with zero attached hydrogens (tertiary/aromatic N) is 3. The summed E-state index contributed by atoms with van der Waals surface area (Å²) in [5.41, 5.74) is 1.04. The number of nitrogens with one attached hydrogen (secondary N) is 1. The number of aryl methyl sites for hydroxylation is 2. The number of aliphatic carboxylic acids is 1. The molecule has 1 unspecified atom stereocenters. The fourth-order valence-corrected chi connectivity index (χ4v) is 4.07. The van der Waals surface area contributed by atoms with Gasteiger partial charge in [-0.25, -0.2) is 9.78 Å². The first-order chi connectivity index (χ1) is 15.5. The van der Waals surface area contributed by atoms with Crippen molar-refractivity contribution in [2.75, 3.05) is 31.6 Å². The number of amides is 1. The average Bonchev–Trinajstić information content (AvgIpc) is 3.30. The van der Waals surface area contributed by atoms with Crippen molar-refractivity contribution in [2.45, 2.75) is 38.5 Å². The third kappa shape index (κ3) is 5.62. The first kappa shape index (κ1) is 24.5. The van der Waals surface area contributed by atoms with Gasteiger partial charge in [0.15, 0.2) is 0 Å². The molecule has 2 aromatic heterocycles. The van der Waals surface area contributed by atoms with E-state index >= 15 is 0 Å². The number of anilines is 1. The fraction of sp³-hybridized carbons (Fsp3) is 0.524. The monoisotopic (exact) mass is 470 g/mol. The molecule has 1 spiro atoms. The summed E-state index contributed by atoms with van der Waals surface area (Å²) in [6, 6.07) is 5.85. The molecule has 0 aliphatic carbocycles. The molecule has 33 heavy (non-hydrogen) atoms. The number of carboxylic acids is 1. The first-order valence-electron chi connectivity index (χ1n) is 10.3. The van der Waals surface area contributed by atoms with Crippen molar-refractivity contribution in [1.82, 2.24) is 15.0 Å². The molecule has 2 N–H and O–H groups in total. The number of aromatic nitrogens is 2. The molecule has 0 radical (unpaired) electrons. The van der Waals surface area contributed by atoms with Gasteiger partial charge in [-0.05, 0) is 44.7 Å². The van der Waals surface area contributed by atoms with Crippen molar-refractivity contribution in [2.24, 2.45) is 5.92 Å². The standard InChI is InChI=1S/C19H24N4O3.C2HF3O2/c1-13-17(14(2)26-22-13)18(24)23-11-19(12-23)15(7-10-25-19)6-9-21-16-5-3-4-8-20-16;3-2(4,5)1(6)7/h3-5,8,15H,6-7,9-12H2,1-2H3,(H,20,21);(H,6,7). The highest BCUT2D eigenvalue weighted by molar-refractivity contribution is 5.96. The van der Waals surface area contributed by atoms with Crippen LogP contribution in [0.3, 0.4) is 0 Å². The van der Waals surface area contributed by atoms with Gasteiger partial charge in [-0.3, -0.25) is 4.79 Å². The normalized spacial score (nSPS) is 18.9. The van der Waals surface area contributed by atoms with Crippen molar-refractivity contribution in [3.63, 3.8) is 0 Å². The molecule has 2 aromatic rings. The Balaban J connectivity index is 0.000000383. The lowest BCUT2D eigenvalue weighted by Gasteiger charge is -2.50. The number of carbonyl (C=O) groups is 2. The topological polar surface area (TPSA) is 118 Å². The summed E-state index contributed by atoms with van der Waals surface area (Å²) < 4.78 is 42.9. The molecule has 1 atom stereocenters. The van der Waals surface area contributed by atoms with Crippen LogP contribution < -0.4 is 5.32 Å². The molecule has 12 heteroatoms. The lowest BCUT2D eigenvalue weighted by atomic mass is 9.78. The van der Waals surface area contributed by atoms with Crippen LogP contribution in [0.5, 0.6) is 0 Å². The number of halogens is 3. The van der Waals surface area contributed by atoms with E-state index < -0.39 is 12.1 Å². The zero-order valence-corrected chi connectivity index (χ0v) is 18.2. The van der Waals surface area contributed by atoms with E-state index in [1.54, 1.807) is 20.0 Å². The average molecular weight is 470 g/mol. The van der Waals surface area contributed by atoms with E-state index in [1.807, 2.05) is 23.1 Å². The van der Waals surface area contributed by atoms with E-state index in [0.717, 1.165) is 31.8 Å². The smallest absolute Gasteiger partial charge is 0.475 e. The van der Waals surface area contributed by atoms with Crippen molar-refractivity contribution < 1.29 is 37.1 Å². The number of pyridine rings is 1. The fourth-order valence-electron chi connectivity index (χ4n) is 4.07. The highest BCUT2D eigenvalue weighted by Gasteiger charge is 2.54. The Morgan fingerprint density at radius 1 is 1.30 bits per heavy atom. The number of likely N-dealkylation sites (tertiary alicyclic amines) is 1. The van der Waals surface area contributed by atoms with Crippen LogP contribution in [0.2, 0.25) is 0 Å². The van der Waals surface area contributed by atoms with Gasteiger partial charge in [0.05, 0.1) is 18.8 Å². The van der Waals surface area contributed by atoms with Crippen LogP contribution in [-0.2, 0) is 9.53 Å². The van der Waals surface area contributed by atoms with Gasteiger partial charge < -0.3 is 24.6 Å². The predicted octanol–water partition coefficient (Wildman–Crippen LogP) is 3.05. The number of alkyl halides is 3. The zero-order chi connectivity index (χ0) is 24.2. The number of hydrogen-bond acceptors (Lipinski definition) is 7. The van der Waals surface area contributed by atoms with Crippen LogP contribution in [-0.4, -0.2) is 70.0 Å². The summed E-state index contributed by atoms with van der Waals surface area (Å²) in [6.07, 6.45) is -1.26. The first-order valence-corrected chi connectivity index (χ1v) is 10.3. The Hall–Kier alpha value is -3.15. The molecule has 2 saturated heterocycles. The van der Waals surface area contributed by atoms with E-state index in [4.69, 9.17) is 19.2 Å². The molecule has 4 heterocycles. The van der Waals surface area contributed by atoms with Crippen molar-refractivity contribution in [3.05, 3.63) is 41.4 Å². The summed E-state index contributed by atoms with van der Waals surface area (Å²) in [6.45, 7) is 6.49. The second-order valence-corrected chi connectivity index (χ2v) is 7.99. The minimum absolute atomic E-state index is 0.00673. The maximum absolute atomic E-state index is 12.7. The van der Waals surface area contributed by atoms with Gasteiger partial charge in [0.1, 0.15) is 22.7 Å². The van der Waals surface area contributed by atoms with E-state index in [-0.39, 0.29) is 11.5 Å². The van der Waals surface area contributed by atoms with Crippen LogP contribution in [0.25, 0.3) is 0 Å². The zero-order valence-electron chi connectivity index (χ0n) is 18.2. The molecule has 1 amide bonds. The number of rotatable bonds is 5. The number of ether oxygens (including phenoxy) is 1. The second kappa shape index (κ2) is 9.77. The quantitative estimate of drug-likeness (QED) is 0.685. The largest absolute Gasteiger partial charge is 0.490 e. The Labute approximate surface area is 187 Å². The Kier molecular flexibility index (Phi) is 7.25. The third-order valence-corrected chi connectivity index (χ3v) is 5.76. The summed E-state index contributed by atoms with van der Waals surface area (Å²) >= 11 is 0. The number of carbonyl (C=O) groups excluding carboxylic acids is 1. The molecule has 2 fully saturated rings. The molecule has 0 bridgehead atoms. The molecule has 2 aliphatic rings. The lowest BCUT2D eigenvalue weighted by molar-refractivity contribution is -0.192.